The van der Waals surface area contributed by atoms with Crippen LogP contribution in [0.15, 0.2) is 18.3 Å². The molecule has 0 bridgehead atoms. The number of rotatable bonds is 4. The lowest BCUT2D eigenvalue weighted by Gasteiger charge is -2.34. The minimum atomic E-state index is -3.09. The van der Waals surface area contributed by atoms with Gasteiger partial charge in [-0.1, -0.05) is 0 Å². The molecule has 1 N–H and O–H groups in total. The number of sulfonamides is 1. The van der Waals surface area contributed by atoms with Gasteiger partial charge in [0.1, 0.15) is 17.7 Å². The Morgan fingerprint density at radius 1 is 1.24 bits per heavy atom. The second-order valence-corrected chi connectivity index (χ2v) is 7.38. The highest BCUT2D eigenvalue weighted by molar-refractivity contribution is 7.88. The largest absolute Gasteiger partial charge is 0.486 e. The van der Waals surface area contributed by atoms with Gasteiger partial charge >= 0.3 is 0 Å². The van der Waals surface area contributed by atoms with Crippen LogP contribution in [0.4, 0.5) is 5.82 Å². The summed E-state index contributed by atoms with van der Waals surface area (Å²) in [6.07, 6.45) is 3.23. The minimum Gasteiger partial charge on any atom is -0.486 e. The second kappa shape index (κ2) is 5.78. The van der Waals surface area contributed by atoms with Crippen molar-refractivity contribution in [1.82, 2.24) is 14.6 Å². The summed E-state index contributed by atoms with van der Waals surface area (Å²) >= 11 is 0. The Bertz CT molecular complexity index is 578. The van der Waals surface area contributed by atoms with Crippen molar-refractivity contribution in [2.45, 2.75) is 6.10 Å². The summed E-state index contributed by atoms with van der Waals surface area (Å²) in [5.41, 5.74) is 0. The first kappa shape index (κ1) is 14.6. The SMILES string of the molecule is CS(=O)(=O)N1CCN(c2ccc(OC3CNC3)cn2)CC1. The molecule has 0 radical (unpaired) electrons. The van der Waals surface area contributed by atoms with Crippen molar-refractivity contribution in [3.63, 3.8) is 0 Å². The zero-order chi connectivity index (χ0) is 14.9. The molecular formula is C13H20N4O3S. The normalized spacial score (nSPS) is 21.1. The van der Waals surface area contributed by atoms with Crippen molar-refractivity contribution in [2.24, 2.45) is 0 Å². The van der Waals surface area contributed by atoms with E-state index in [9.17, 15) is 8.42 Å². The van der Waals surface area contributed by atoms with Crippen molar-refractivity contribution in [3.05, 3.63) is 18.3 Å². The summed E-state index contributed by atoms with van der Waals surface area (Å²) in [6, 6.07) is 3.85. The summed E-state index contributed by atoms with van der Waals surface area (Å²) in [7, 11) is -3.09. The van der Waals surface area contributed by atoms with Crippen LogP contribution in [0.3, 0.4) is 0 Å². The molecule has 1 aromatic heterocycles. The van der Waals surface area contributed by atoms with Crippen LogP contribution in [0.2, 0.25) is 0 Å². The van der Waals surface area contributed by atoms with E-state index in [1.165, 1.54) is 10.6 Å². The summed E-state index contributed by atoms with van der Waals surface area (Å²) in [4.78, 5) is 6.51. The van der Waals surface area contributed by atoms with Crippen molar-refractivity contribution in [3.8, 4) is 5.75 Å². The summed E-state index contributed by atoms with van der Waals surface area (Å²) < 4.78 is 30.2. The van der Waals surface area contributed by atoms with Crippen LogP contribution in [-0.2, 0) is 10.0 Å². The number of anilines is 1. The third kappa shape index (κ3) is 3.45. The van der Waals surface area contributed by atoms with Gasteiger partial charge in [0.25, 0.3) is 0 Å². The molecule has 0 saturated carbocycles. The standard InChI is InChI=1S/C13H20N4O3S/c1-21(18,19)17-6-4-16(5-7-17)13-3-2-11(10-15-13)20-12-8-14-9-12/h2-3,10,12,14H,4-9H2,1H3. The van der Waals surface area contributed by atoms with Gasteiger partial charge in [0, 0.05) is 39.3 Å². The minimum absolute atomic E-state index is 0.246. The van der Waals surface area contributed by atoms with Crippen LogP contribution in [0.1, 0.15) is 0 Å². The smallest absolute Gasteiger partial charge is 0.211 e. The number of hydrogen-bond donors (Lipinski definition) is 1. The van der Waals surface area contributed by atoms with Gasteiger partial charge < -0.3 is 15.0 Å². The fraction of sp³-hybridized carbons (Fsp3) is 0.615. The monoisotopic (exact) mass is 312 g/mol. The maximum absolute atomic E-state index is 11.5. The van der Waals surface area contributed by atoms with Gasteiger partial charge in [-0.15, -0.1) is 0 Å². The van der Waals surface area contributed by atoms with Crippen LogP contribution >= 0.6 is 0 Å². The average Bonchev–Trinajstić information content (AvgIpc) is 2.43. The highest BCUT2D eigenvalue weighted by Gasteiger charge is 2.24. The Morgan fingerprint density at radius 3 is 2.43 bits per heavy atom. The van der Waals surface area contributed by atoms with E-state index in [4.69, 9.17) is 4.74 Å². The molecule has 0 spiro atoms. The van der Waals surface area contributed by atoms with E-state index in [-0.39, 0.29) is 6.10 Å². The molecule has 2 fully saturated rings. The van der Waals surface area contributed by atoms with Crippen molar-refractivity contribution >= 4 is 15.8 Å². The maximum atomic E-state index is 11.5. The van der Waals surface area contributed by atoms with E-state index in [1.807, 2.05) is 12.1 Å². The highest BCUT2D eigenvalue weighted by Crippen LogP contribution is 2.19. The van der Waals surface area contributed by atoms with E-state index in [1.54, 1.807) is 6.20 Å². The molecule has 21 heavy (non-hydrogen) atoms. The molecule has 2 saturated heterocycles. The number of hydrogen-bond acceptors (Lipinski definition) is 6. The van der Waals surface area contributed by atoms with E-state index >= 15 is 0 Å². The lowest BCUT2D eigenvalue weighted by atomic mass is 10.2. The van der Waals surface area contributed by atoms with E-state index in [2.05, 4.69) is 15.2 Å². The van der Waals surface area contributed by atoms with E-state index in [0.29, 0.717) is 26.2 Å². The quantitative estimate of drug-likeness (QED) is 0.809. The zero-order valence-electron chi connectivity index (χ0n) is 12.0. The highest BCUT2D eigenvalue weighted by atomic mass is 32.2. The molecule has 2 aliphatic rings. The van der Waals surface area contributed by atoms with Gasteiger partial charge in [-0.2, -0.15) is 4.31 Å². The molecule has 0 aliphatic carbocycles. The molecule has 8 heteroatoms. The Morgan fingerprint density at radius 2 is 1.95 bits per heavy atom. The molecule has 3 heterocycles. The molecule has 2 aliphatic heterocycles. The molecular weight excluding hydrogens is 292 g/mol. The number of nitrogens with one attached hydrogen (secondary N) is 1. The summed E-state index contributed by atoms with van der Waals surface area (Å²) in [6.45, 7) is 4.10. The maximum Gasteiger partial charge on any atom is 0.211 e. The number of ether oxygens (including phenoxy) is 1. The molecule has 0 aromatic carbocycles. The predicted octanol–water partition coefficient (Wildman–Crippen LogP) is -0.486. The van der Waals surface area contributed by atoms with Crippen molar-refractivity contribution in [1.29, 1.82) is 0 Å². The topological polar surface area (TPSA) is 74.8 Å². The third-order valence-electron chi connectivity index (χ3n) is 3.80. The molecule has 7 nitrogen and oxygen atoms in total. The van der Waals surface area contributed by atoms with Gasteiger partial charge in [0.05, 0.1) is 12.5 Å². The number of piperazine rings is 1. The molecule has 1 aromatic rings. The molecule has 3 rings (SSSR count). The second-order valence-electron chi connectivity index (χ2n) is 5.40. The van der Waals surface area contributed by atoms with Gasteiger partial charge in [0.15, 0.2) is 0 Å². The summed E-state index contributed by atoms with van der Waals surface area (Å²) in [5.74, 6) is 1.64. The number of aromatic nitrogens is 1. The van der Waals surface area contributed by atoms with Crippen molar-refractivity contribution in [2.75, 3.05) is 50.4 Å². The van der Waals surface area contributed by atoms with Crippen LogP contribution in [0.25, 0.3) is 0 Å². The van der Waals surface area contributed by atoms with Gasteiger partial charge in [-0.05, 0) is 12.1 Å². The van der Waals surface area contributed by atoms with Gasteiger partial charge in [-0.3, -0.25) is 0 Å². The number of pyridine rings is 1. The van der Waals surface area contributed by atoms with Gasteiger partial charge in [0.2, 0.25) is 10.0 Å². The molecule has 0 atom stereocenters. The summed E-state index contributed by atoms with van der Waals surface area (Å²) in [5, 5.41) is 3.15. The van der Waals surface area contributed by atoms with Crippen LogP contribution in [0, 0.1) is 0 Å². The molecule has 0 amide bonds. The Balaban J connectivity index is 1.57. The lowest BCUT2D eigenvalue weighted by molar-refractivity contribution is 0.142. The van der Waals surface area contributed by atoms with E-state index in [0.717, 1.165) is 24.7 Å². The van der Waals surface area contributed by atoms with Gasteiger partial charge in [-0.25, -0.2) is 13.4 Å². The predicted molar refractivity (Wildman–Crippen MR) is 80.2 cm³/mol. The fourth-order valence-electron chi connectivity index (χ4n) is 2.42. The van der Waals surface area contributed by atoms with Crippen LogP contribution < -0.4 is 15.0 Å². The fourth-order valence-corrected chi connectivity index (χ4v) is 3.24. The Labute approximate surface area is 125 Å². The first-order valence-electron chi connectivity index (χ1n) is 7.06. The zero-order valence-corrected chi connectivity index (χ0v) is 12.8. The van der Waals surface area contributed by atoms with Crippen LogP contribution in [-0.4, -0.2) is 69.3 Å². The lowest BCUT2D eigenvalue weighted by Crippen LogP contribution is -2.50. The van der Waals surface area contributed by atoms with Crippen LogP contribution in [0.5, 0.6) is 5.75 Å². The van der Waals surface area contributed by atoms with Crippen molar-refractivity contribution < 1.29 is 13.2 Å². The third-order valence-corrected chi connectivity index (χ3v) is 5.10. The first-order chi connectivity index (χ1) is 10.0. The van der Waals surface area contributed by atoms with E-state index < -0.39 is 10.0 Å². The first-order valence-corrected chi connectivity index (χ1v) is 8.91. The number of nitrogens with zero attached hydrogens (tertiary/aromatic N) is 3. The molecule has 0 unspecified atom stereocenters. The Kier molecular flexibility index (Phi) is 4.01. The molecule has 116 valence electrons. The Hall–Kier alpha value is -1.38. The average molecular weight is 312 g/mol.